The van der Waals surface area contributed by atoms with Crippen LogP contribution in [0.5, 0.6) is 0 Å². The molecule has 0 radical (unpaired) electrons. The quantitative estimate of drug-likeness (QED) is 0.835. The summed E-state index contributed by atoms with van der Waals surface area (Å²) in [5.74, 6) is 0. The van der Waals surface area contributed by atoms with Crippen molar-refractivity contribution in [1.82, 2.24) is 9.88 Å². The van der Waals surface area contributed by atoms with Gasteiger partial charge in [0.15, 0.2) is 0 Å². The first kappa shape index (κ1) is 13.0. The minimum absolute atomic E-state index is 0.845. The van der Waals surface area contributed by atoms with Gasteiger partial charge in [-0.15, -0.1) is 11.3 Å². The number of nitrogens with zero attached hydrogens (tertiary/aromatic N) is 2. The molecule has 0 saturated carbocycles. The van der Waals surface area contributed by atoms with Crippen molar-refractivity contribution in [3.05, 3.63) is 49.8 Å². The van der Waals surface area contributed by atoms with Crippen LogP contribution in [-0.2, 0) is 13.1 Å². The Bertz CT molecular complexity index is 501. The van der Waals surface area contributed by atoms with Crippen molar-refractivity contribution in [3.8, 4) is 0 Å². The van der Waals surface area contributed by atoms with Gasteiger partial charge in [0, 0.05) is 34.8 Å². The van der Waals surface area contributed by atoms with E-state index in [2.05, 4.69) is 45.0 Å². The summed E-state index contributed by atoms with van der Waals surface area (Å²) in [5.41, 5.74) is 1.20. The molecule has 0 fully saturated rings. The lowest BCUT2D eigenvalue weighted by Gasteiger charge is -2.15. The molecule has 2 rings (SSSR count). The summed E-state index contributed by atoms with van der Waals surface area (Å²) in [6, 6.07) is 6.10. The molecule has 2 aromatic rings. The average Bonchev–Trinajstić information content (AvgIpc) is 2.63. The van der Waals surface area contributed by atoms with Crippen molar-refractivity contribution in [2.24, 2.45) is 0 Å². The third kappa shape index (κ3) is 4.07. The topological polar surface area (TPSA) is 16.1 Å². The lowest BCUT2D eigenvalue weighted by atomic mass is 10.2. The van der Waals surface area contributed by atoms with E-state index in [9.17, 15) is 0 Å². The van der Waals surface area contributed by atoms with Crippen LogP contribution in [0.3, 0.4) is 0 Å². The predicted molar refractivity (Wildman–Crippen MR) is 76.4 cm³/mol. The van der Waals surface area contributed by atoms with E-state index in [1.165, 1.54) is 10.4 Å². The van der Waals surface area contributed by atoms with Gasteiger partial charge in [0.05, 0.1) is 4.34 Å². The Kier molecular flexibility index (Phi) is 4.56. The second-order valence-electron chi connectivity index (χ2n) is 3.89. The minimum atomic E-state index is 0.845. The molecule has 0 aliphatic carbocycles. The van der Waals surface area contributed by atoms with E-state index < -0.39 is 0 Å². The Morgan fingerprint density at radius 2 is 2.18 bits per heavy atom. The molecular weight excluding hydrogens is 320 g/mol. The second-order valence-corrected chi connectivity index (χ2v) is 6.60. The normalized spacial score (nSPS) is 11.1. The SMILES string of the molecule is CN(Cc1cncc(Br)c1)Cc1ccc(Cl)s1. The van der Waals surface area contributed by atoms with Gasteiger partial charge in [0.1, 0.15) is 0 Å². The van der Waals surface area contributed by atoms with Crippen LogP contribution in [0.4, 0.5) is 0 Å². The summed E-state index contributed by atoms with van der Waals surface area (Å²) in [5, 5.41) is 0. The van der Waals surface area contributed by atoms with Crippen molar-refractivity contribution in [3.63, 3.8) is 0 Å². The molecule has 90 valence electrons. The largest absolute Gasteiger partial charge is 0.297 e. The molecular formula is C12H12BrClN2S. The molecule has 0 atom stereocenters. The molecule has 2 nitrogen and oxygen atoms in total. The highest BCUT2D eigenvalue weighted by Gasteiger charge is 2.04. The number of rotatable bonds is 4. The van der Waals surface area contributed by atoms with Crippen molar-refractivity contribution in [2.75, 3.05) is 7.05 Å². The van der Waals surface area contributed by atoms with Crippen LogP contribution in [0.2, 0.25) is 4.34 Å². The fraction of sp³-hybridized carbons (Fsp3) is 0.250. The summed E-state index contributed by atoms with van der Waals surface area (Å²) in [6.07, 6.45) is 3.69. The molecule has 0 aliphatic rings. The first-order valence-corrected chi connectivity index (χ1v) is 7.14. The maximum atomic E-state index is 5.91. The first-order valence-electron chi connectivity index (χ1n) is 5.15. The Morgan fingerprint density at radius 1 is 1.35 bits per heavy atom. The van der Waals surface area contributed by atoms with Gasteiger partial charge in [-0.1, -0.05) is 11.6 Å². The summed E-state index contributed by atoms with van der Waals surface area (Å²) < 4.78 is 1.86. The smallest absolute Gasteiger partial charge is 0.0931 e. The van der Waals surface area contributed by atoms with E-state index >= 15 is 0 Å². The molecule has 17 heavy (non-hydrogen) atoms. The minimum Gasteiger partial charge on any atom is -0.297 e. The van der Waals surface area contributed by atoms with Gasteiger partial charge in [-0.2, -0.15) is 0 Å². The molecule has 0 spiro atoms. The maximum absolute atomic E-state index is 5.91. The number of hydrogen-bond donors (Lipinski definition) is 0. The van der Waals surface area contributed by atoms with E-state index in [4.69, 9.17) is 11.6 Å². The Hall–Kier alpha value is -0.420. The summed E-state index contributed by atoms with van der Waals surface area (Å²) >= 11 is 11.0. The molecule has 0 N–H and O–H groups in total. The van der Waals surface area contributed by atoms with Gasteiger partial charge >= 0.3 is 0 Å². The molecule has 2 heterocycles. The van der Waals surface area contributed by atoms with E-state index in [1.807, 2.05) is 12.3 Å². The molecule has 2 aromatic heterocycles. The van der Waals surface area contributed by atoms with Gasteiger partial charge < -0.3 is 0 Å². The second kappa shape index (κ2) is 5.96. The highest BCUT2D eigenvalue weighted by atomic mass is 79.9. The van der Waals surface area contributed by atoms with E-state index in [1.54, 1.807) is 17.5 Å². The average molecular weight is 332 g/mol. The van der Waals surface area contributed by atoms with Crippen LogP contribution in [-0.4, -0.2) is 16.9 Å². The zero-order valence-electron chi connectivity index (χ0n) is 9.36. The van der Waals surface area contributed by atoms with Crippen LogP contribution >= 0.6 is 38.9 Å². The fourth-order valence-corrected chi connectivity index (χ4v) is 3.19. The van der Waals surface area contributed by atoms with Gasteiger partial charge in [-0.25, -0.2) is 0 Å². The summed E-state index contributed by atoms with van der Waals surface area (Å²) in [6.45, 7) is 1.78. The van der Waals surface area contributed by atoms with Crippen molar-refractivity contribution in [2.45, 2.75) is 13.1 Å². The Balaban J connectivity index is 1.95. The number of aromatic nitrogens is 1. The fourth-order valence-electron chi connectivity index (χ4n) is 1.61. The van der Waals surface area contributed by atoms with Crippen LogP contribution in [0.1, 0.15) is 10.4 Å². The molecule has 5 heteroatoms. The predicted octanol–water partition coefficient (Wildman–Crippen LogP) is 4.19. The van der Waals surface area contributed by atoms with Crippen LogP contribution in [0.15, 0.2) is 35.1 Å². The maximum Gasteiger partial charge on any atom is 0.0931 e. The lowest BCUT2D eigenvalue weighted by molar-refractivity contribution is 0.321. The van der Waals surface area contributed by atoms with E-state index in [0.29, 0.717) is 0 Å². The van der Waals surface area contributed by atoms with Crippen molar-refractivity contribution in [1.29, 1.82) is 0 Å². The molecule has 0 aliphatic heterocycles. The highest BCUT2D eigenvalue weighted by Crippen LogP contribution is 2.22. The summed E-state index contributed by atoms with van der Waals surface area (Å²) in [4.78, 5) is 7.68. The van der Waals surface area contributed by atoms with Gasteiger partial charge in [-0.05, 0) is 46.7 Å². The number of pyridine rings is 1. The Morgan fingerprint density at radius 3 is 2.82 bits per heavy atom. The third-order valence-electron chi connectivity index (χ3n) is 2.27. The van der Waals surface area contributed by atoms with Gasteiger partial charge in [-0.3, -0.25) is 9.88 Å². The molecule has 0 aromatic carbocycles. The number of thiophene rings is 1. The molecule has 0 saturated heterocycles. The van der Waals surface area contributed by atoms with Gasteiger partial charge in [0.2, 0.25) is 0 Å². The third-order valence-corrected chi connectivity index (χ3v) is 3.92. The van der Waals surface area contributed by atoms with Crippen molar-refractivity contribution >= 4 is 38.9 Å². The molecule has 0 amide bonds. The first-order chi connectivity index (χ1) is 8.13. The van der Waals surface area contributed by atoms with E-state index in [0.717, 1.165) is 21.9 Å². The summed E-state index contributed by atoms with van der Waals surface area (Å²) in [7, 11) is 2.09. The lowest BCUT2D eigenvalue weighted by Crippen LogP contribution is -2.16. The zero-order chi connectivity index (χ0) is 12.3. The number of halogens is 2. The standard InChI is InChI=1S/C12H12BrClN2S/c1-16(8-11-2-3-12(14)17-11)7-9-4-10(13)6-15-5-9/h2-6H,7-8H2,1H3. The van der Waals surface area contributed by atoms with Crippen molar-refractivity contribution < 1.29 is 0 Å². The molecule has 0 bridgehead atoms. The monoisotopic (exact) mass is 330 g/mol. The molecule has 0 unspecified atom stereocenters. The Labute approximate surface area is 118 Å². The highest BCUT2D eigenvalue weighted by molar-refractivity contribution is 9.10. The number of hydrogen-bond acceptors (Lipinski definition) is 3. The van der Waals surface area contributed by atoms with Crippen LogP contribution in [0, 0.1) is 0 Å². The van der Waals surface area contributed by atoms with Gasteiger partial charge in [0.25, 0.3) is 0 Å². The zero-order valence-corrected chi connectivity index (χ0v) is 12.5. The van der Waals surface area contributed by atoms with Crippen LogP contribution < -0.4 is 0 Å². The van der Waals surface area contributed by atoms with Crippen LogP contribution in [0.25, 0.3) is 0 Å². The van der Waals surface area contributed by atoms with E-state index in [-0.39, 0.29) is 0 Å².